The minimum absolute atomic E-state index is 0.00430. The predicted octanol–water partition coefficient (Wildman–Crippen LogP) is 2.13. The number of hydrogen-bond acceptors (Lipinski definition) is 3. The number of benzene rings is 1. The molecule has 0 fully saturated rings. The molecular formula is C19H28N2O3. The summed E-state index contributed by atoms with van der Waals surface area (Å²) in [4.78, 5) is 24.8. The molecule has 0 aliphatic carbocycles. The standard InChI is InChI=1S/C19H28N2O3/c1-4-9-15(13-22)12-20-19(24)17(14(3)5-2)21-18(23)16-10-7-6-8-11-16/h4,6-8,10-11,14-15,17,22H,1,5,9,12-13H2,2-3H3,(H,20,24)(H,21,23)/t14-,15-,17-/m0/s1. The van der Waals surface area contributed by atoms with Crippen molar-refractivity contribution in [1.29, 1.82) is 0 Å². The number of carbonyl (C=O) groups is 2. The third-order valence-electron chi connectivity index (χ3n) is 4.14. The summed E-state index contributed by atoms with van der Waals surface area (Å²) in [7, 11) is 0. The zero-order valence-electron chi connectivity index (χ0n) is 14.5. The number of aliphatic hydroxyl groups is 1. The highest BCUT2D eigenvalue weighted by molar-refractivity contribution is 5.97. The van der Waals surface area contributed by atoms with Gasteiger partial charge < -0.3 is 15.7 Å². The lowest BCUT2D eigenvalue weighted by Gasteiger charge is -2.24. The molecule has 0 radical (unpaired) electrons. The first-order chi connectivity index (χ1) is 11.5. The maximum absolute atomic E-state index is 12.5. The topological polar surface area (TPSA) is 78.4 Å². The summed E-state index contributed by atoms with van der Waals surface area (Å²) >= 11 is 0. The van der Waals surface area contributed by atoms with E-state index in [0.29, 0.717) is 18.5 Å². The molecule has 0 heterocycles. The summed E-state index contributed by atoms with van der Waals surface area (Å²) in [5.41, 5.74) is 0.526. The quantitative estimate of drug-likeness (QED) is 0.574. The lowest BCUT2D eigenvalue weighted by Crippen LogP contribution is -2.51. The monoisotopic (exact) mass is 332 g/mol. The second kappa shape index (κ2) is 10.6. The maximum atomic E-state index is 12.5. The summed E-state index contributed by atoms with van der Waals surface area (Å²) in [6.07, 6.45) is 3.11. The Morgan fingerprint density at radius 2 is 1.96 bits per heavy atom. The van der Waals surface area contributed by atoms with Gasteiger partial charge in [0.15, 0.2) is 0 Å². The molecule has 0 saturated carbocycles. The van der Waals surface area contributed by atoms with Crippen LogP contribution in [0.25, 0.3) is 0 Å². The summed E-state index contributed by atoms with van der Waals surface area (Å²) in [6.45, 7) is 7.90. The van der Waals surface area contributed by atoms with Gasteiger partial charge in [0.1, 0.15) is 6.04 Å². The van der Waals surface area contributed by atoms with E-state index in [-0.39, 0.29) is 30.3 Å². The van der Waals surface area contributed by atoms with Gasteiger partial charge in [-0.25, -0.2) is 0 Å². The highest BCUT2D eigenvalue weighted by Crippen LogP contribution is 2.10. The van der Waals surface area contributed by atoms with Crippen LogP contribution >= 0.6 is 0 Å². The molecule has 0 saturated heterocycles. The molecule has 5 nitrogen and oxygen atoms in total. The zero-order valence-corrected chi connectivity index (χ0v) is 14.5. The number of hydrogen-bond donors (Lipinski definition) is 3. The van der Waals surface area contributed by atoms with Crippen molar-refractivity contribution < 1.29 is 14.7 Å². The number of aliphatic hydroxyl groups excluding tert-OH is 1. The third-order valence-corrected chi connectivity index (χ3v) is 4.14. The van der Waals surface area contributed by atoms with Crippen LogP contribution < -0.4 is 10.6 Å². The van der Waals surface area contributed by atoms with Crippen molar-refractivity contribution in [3.05, 3.63) is 48.6 Å². The van der Waals surface area contributed by atoms with Gasteiger partial charge in [-0.2, -0.15) is 0 Å². The van der Waals surface area contributed by atoms with Gasteiger partial charge in [0.2, 0.25) is 5.91 Å². The summed E-state index contributed by atoms with van der Waals surface area (Å²) < 4.78 is 0. The lowest BCUT2D eigenvalue weighted by atomic mass is 9.97. The smallest absolute Gasteiger partial charge is 0.251 e. The Morgan fingerprint density at radius 1 is 1.29 bits per heavy atom. The van der Waals surface area contributed by atoms with Gasteiger partial charge in [0, 0.05) is 24.6 Å². The first kappa shape index (κ1) is 19.9. The average Bonchev–Trinajstić information content (AvgIpc) is 2.62. The van der Waals surface area contributed by atoms with Crippen LogP contribution in [0.4, 0.5) is 0 Å². The van der Waals surface area contributed by atoms with E-state index in [4.69, 9.17) is 0 Å². The van der Waals surface area contributed by atoms with Gasteiger partial charge in [0.25, 0.3) is 5.91 Å². The Bertz CT molecular complexity index is 531. The SMILES string of the molecule is C=CC[C@H](CO)CNC(=O)[C@@H](NC(=O)c1ccccc1)[C@@H](C)CC. The van der Waals surface area contributed by atoms with Gasteiger partial charge in [-0.1, -0.05) is 44.5 Å². The van der Waals surface area contributed by atoms with Crippen molar-refractivity contribution in [3.8, 4) is 0 Å². The predicted molar refractivity (Wildman–Crippen MR) is 95.6 cm³/mol. The van der Waals surface area contributed by atoms with E-state index in [1.54, 1.807) is 30.3 Å². The van der Waals surface area contributed by atoms with E-state index in [0.717, 1.165) is 6.42 Å². The molecule has 0 bridgehead atoms. The van der Waals surface area contributed by atoms with E-state index in [1.165, 1.54) is 0 Å². The van der Waals surface area contributed by atoms with Gasteiger partial charge in [-0.05, 0) is 24.5 Å². The molecule has 2 amide bonds. The molecule has 1 aromatic rings. The molecule has 24 heavy (non-hydrogen) atoms. The highest BCUT2D eigenvalue weighted by Gasteiger charge is 2.26. The first-order valence-corrected chi connectivity index (χ1v) is 8.38. The number of amides is 2. The van der Waals surface area contributed by atoms with E-state index in [9.17, 15) is 14.7 Å². The van der Waals surface area contributed by atoms with Gasteiger partial charge >= 0.3 is 0 Å². The van der Waals surface area contributed by atoms with Crippen molar-refractivity contribution in [3.63, 3.8) is 0 Å². The van der Waals surface area contributed by atoms with Crippen LogP contribution in [0, 0.1) is 11.8 Å². The summed E-state index contributed by atoms with van der Waals surface area (Å²) in [6, 6.07) is 8.23. The Kier molecular flexibility index (Phi) is 8.79. The fourth-order valence-corrected chi connectivity index (χ4v) is 2.33. The largest absolute Gasteiger partial charge is 0.396 e. The Balaban J connectivity index is 2.72. The van der Waals surface area contributed by atoms with Gasteiger partial charge in [-0.3, -0.25) is 9.59 Å². The fraction of sp³-hybridized carbons (Fsp3) is 0.474. The molecule has 3 atom stereocenters. The van der Waals surface area contributed by atoms with E-state index >= 15 is 0 Å². The molecular weight excluding hydrogens is 304 g/mol. The summed E-state index contributed by atoms with van der Waals surface area (Å²) in [5.74, 6) is -0.546. The lowest BCUT2D eigenvalue weighted by molar-refractivity contribution is -0.124. The molecule has 5 heteroatoms. The number of nitrogens with one attached hydrogen (secondary N) is 2. The zero-order chi connectivity index (χ0) is 17.9. The van der Waals surface area contributed by atoms with Crippen molar-refractivity contribution in [2.45, 2.75) is 32.7 Å². The Morgan fingerprint density at radius 3 is 2.50 bits per heavy atom. The number of allylic oxidation sites excluding steroid dienone is 1. The van der Waals surface area contributed by atoms with Crippen molar-refractivity contribution >= 4 is 11.8 Å². The molecule has 0 aromatic heterocycles. The second-order valence-corrected chi connectivity index (χ2v) is 6.02. The molecule has 0 aliphatic rings. The molecule has 1 aromatic carbocycles. The minimum atomic E-state index is -0.606. The van der Waals surface area contributed by atoms with E-state index in [2.05, 4.69) is 17.2 Å². The Hall–Kier alpha value is -2.14. The summed E-state index contributed by atoms with van der Waals surface area (Å²) in [5, 5.41) is 14.9. The molecule has 0 unspecified atom stereocenters. The van der Waals surface area contributed by atoms with Crippen molar-refractivity contribution in [1.82, 2.24) is 10.6 Å². The molecule has 3 N–H and O–H groups in total. The minimum Gasteiger partial charge on any atom is -0.396 e. The van der Waals surface area contributed by atoms with Crippen molar-refractivity contribution in [2.24, 2.45) is 11.8 Å². The van der Waals surface area contributed by atoms with Gasteiger partial charge in [0.05, 0.1) is 0 Å². The van der Waals surface area contributed by atoms with Crippen LogP contribution in [-0.4, -0.2) is 36.1 Å². The van der Waals surface area contributed by atoms with E-state index in [1.807, 2.05) is 19.9 Å². The second-order valence-electron chi connectivity index (χ2n) is 6.02. The molecule has 0 aliphatic heterocycles. The Labute approximate surface area is 144 Å². The number of rotatable bonds is 10. The molecule has 132 valence electrons. The van der Waals surface area contributed by atoms with Crippen LogP contribution in [0.3, 0.4) is 0 Å². The molecule has 0 spiro atoms. The van der Waals surface area contributed by atoms with Crippen LogP contribution in [-0.2, 0) is 4.79 Å². The van der Waals surface area contributed by atoms with Crippen LogP contribution in [0.15, 0.2) is 43.0 Å². The van der Waals surface area contributed by atoms with Crippen molar-refractivity contribution in [2.75, 3.05) is 13.2 Å². The van der Waals surface area contributed by atoms with E-state index < -0.39 is 6.04 Å². The number of carbonyl (C=O) groups excluding carboxylic acids is 2. The maximum Gasteiger partial charge on any atom is 0.251 e. The fourth-order valence-electron chi connectivity index (χ4n) is 2.33. The molecule has 1 rings (SSSR count). The average molecular weight is 332 g/mol. The first-order valence-electron chi connectivity index (χ1n) is 8.38. The van der Waals surface area contributed by atoms with Crippen LogP contribution in [0.2, 0.25) is 0 Å². The normalized spacial score (nSPS) is 14.3. The third kappa shape index (κ3) is 6.16. The van der Waals surface area contributed by atoms with Crippen LogP contribution in [0.5, 0.6) is 0 Å². The highest BCUT2D eigenvalue weighted by atomic mass is 16.3. The van der Waals surface area contributed by atoms with Crippen LogP contribution in [0.1, 0.15) is 37.0 Å². The van der Waals surface area contributed by atoms with Gasteiger partial charge in [-0.15, -0.1) is 6.58 Å².